The van der Waals surface area contributed by atoms with Gasteiger partial charge in [-0.1, -0.05) is 12.8 Å². The summed E-state index contributed by atoms with van der Waals surface area (Å²) < 4.78 is 11.4. The van der Waals surface area contributed by atoms with Crippen LogP contribution in [0.1, 0.15) is 37.7 Å². The van der Waals surface area contributed by atoms with Crippen molar-refractivity contribution in [3.8, 4) is 11.5 Å². The number of amides is 2. The van der Waals surface area contributed by atoms with Crippen molar-refractivity contribution in [3.63, 3.8) is 0 Å². The van der Waals surface area contributed by atoms with Gasteiger partial charge in [0, 0.05) is 44.5 Å². The molecule has 0 aliphatic carbocycles. The van der Waals surface area contributed by atoms with Gasteiger partial charge in [-0.15, -0.1) is 0 Å². The zero-order chi connectivity index (χ0) is 23.9. The predicted molar refractivity (Wildman–Crippen MR) is 130 cm³/mol. The van der Waals surface area contributed by atoms with Crippen molar-refractivity contribution in [1.82, 2.24) is 14.9 Å². The highest BCUT2D eigenvalue weighted by atomic mass is 16.5. The summed E-state index contributed by atoms with van der Waals surface area (Å²) in [6, 6.07) is 5.52. The average Bonchev–Trinajstić information content (AvgIpc) is 3.17. The van der Waals surface area contributed by atoms with Gasteiger partial charge in [-0.2, -0.15) is 0 Å². The minimum absolute atomic E-state index is 0.114. The van der Waals surface area contributed by atoms with Crippen LogP contribution in [0.5, 0.6) is 11.5 Å². The van der Waals surface area contributed by atoms with Gasteiger partial charge in [0.2, 0.25) is 5.91 Å². The highest BCUT2D eigenvalue weighted by molar-refractivity contribution is 6.32. The van der Waals surface area contributed by atoms with E-state index in [-0.39, 0.29) is 11.8 Å². The van der Waals surface area contributed by atoms with Gasteiger partial charge >= 0.3 is 0 Å². The molecule has 0 spiro atoms. The summed E-state index contributed by atoms with van der Waals surface area (Å²) in [5.74, 6) is 2.08. The molecule has 2 bridgehead atoms. The normalized spacial score (nSPS) is 18.9. The van der Waals surface area contributed by atoms with Crippen LogP contribution in [0.3, 0.4) is 0 Å². The van der Waals surface area contributed by atoms with E-state index in [1.165, 1.54) is 6.33 Å². The average molecular weight is 467 g/mol. The number of anilines is 3. The molecule has 0 saturated carbocycles. The predicted octanol–water partition coefficient (Wildman–Crippen LogP) is 3.10. The maximum Gasteiger partial charge on any atom is 0.259 e. The first kappa shape index (κ1) is 23.3. The van der Waals surface area contributed by atoms with Crippen molar-refractivity contribution in [2.24, 2.45) is 0 Å². The molecule has 0 saturated heterocycles. The molecule has 1 aromatic heterocycles. The van der Waals surface area contributed by atoms with Crippen LogP contribution in [-0.2, 0) is 9.59 Å². The molecule has 2 aromatic rings. The minimum Gasteiger partial charge on any atom is -0.493 e. The minimum atomic E-state index is -0.273. The Bertz CT molecular complexity index is 1090. The third kappa shape index (κ3) is 5.38. The molecule has 0 unspecified atom stereocenters. The molecule has 2 aliphatic heterocycles. The fraction of sp³-hybridized carbons (Fsp3) is 0.417. The Labute approximate surface area is 198 Å². The maximum absolute atomic E-state index is 12.7. The zero-order valence-electron chi connectivity index (χ0n) is 19.5. The van der Waals surface area contributed by atoms with E-state index in [1.54, 1.807) is 25.3 Å². The monoisotopic (exact) mass is 466 g/mol. The number of fused-ring (bicyclic) bond motifs is 2. The molecule has 4 rings (SSSR count). The molecule has 2 amide bonds. The van der Waals surface area contributed by atoms with Gasteiger partial charge in [0.25, 0.3) is 5.91 Å². The molecule has 0 fully saturated rings. The van der Waals surface area contributed by atoms with Crippen LogP contribution in [-0.4, -0.2) is 60.5 Å². The van der Waals surface area contributed by atoms with Crippen molar-refractivity contribution < 1.29 is 19.1 Å². The third-order valence-electron chi connectivity index (χ3n) is 5.85. The first-order chi connectivity index (χ1) is 16.6. The molecule has 34 heavy (non-hydrogen) atoms. The van der Waals surface area contributed by atoms with Crippen molar-refractivity contribution >= 4 is 34.7 Å². The number of hydrogen-bond acceptors (Lipinski definition) is 8. The number of likely N-dealkylation sites (N-methyl/N-ethyl adjacent to an activating group) is 1. The summed E-state index contributed by atoms with van der Waals surface area (Å²) in [6.45, 7) is 1.58. The van der Waals surface area contributed by atoms with Gasteiger partial charge in [0.1, 0.15) is 18.0 Å². The lowest BCUT2D eigenvalue weighted by molar-refractivity contribution is -0.129. The second kappa shape index (κ2) is 10.9. The molecule has 10 nitrogen and oxygen atoms in total. The van der Waals surface area contributed by atoms with Crippen LogP contribution >= 0.6 is 0 Å². The van der Waals surface area contributed by atoms with Crippen LogP contribution in [0.2, 0.25) is 0 Å². The maximum atomic E-state index is 12.7. The molecule has 3 heterocycles. The lowest BCUT2D eigenvalue weighted by Crippen LogP contribution is -2.31. The number of aromatic nitrogens is 2. The van der Waals surface area contributed by atoms with E-state index in [0.29, 0.717) is 60.4 Å². The summed E-state index contributed by atoms with van der Waals surface area (Å²) in [6.07, 6.45) is 7.25. The fourth-order valence-corrected chi connectivity index (χ4v) is 3.90. The summed E-state index contributed by atoms with van der Waals surface area (Å²) >= 11 is 0. The molecular weight excluding hydrogens is 436 g/mol. The summed E-state index contributed by atoms with van der Waals surface area (Å²) in [5.41, 5.74) is 1.76. The number of ether oxygens (including phenoxy) is 2. The Hall–Kier alpha value is -3.82. The van der Waals surface area contributed by atoms with Crippen LogP contribution in [0.15, 0.2) is 30.7 Å². The molecule has 1 aromatic carbocycles. The largest absolute Gasteiger partial charge is 0.493 e. The van der Waals surface area contributed by atoms with E-state index >= 15 is 0 Å². The fourth-order valence-electron chi connectivity index (χ4n) is 3.90. The molecule has 0 atom stereocenters. The van der Waals surface area contributed by atoms with E-state index in [4.69, 9.17) is 9.47 Å². The number of nitrogens with one attached hydrogen (secondary N) is 3. The molecule has 0 radical (unpaired) electrons. The van der Waals surface area contributed by atoms with E-state index < -0.39 is 0 Å². The van der Waals surface area contributed by atoms with E-state index in [1.807, 2.05) is 18.2 Å². The van der Waals surface area contributed by atoms with Crippen LogP contribution in [0.25, 0.3) is 5.57 Å². The second-order valence-electron chi connectivity index (χ2n) is 8.22. The Balaban J connectivity index is 1.62. The Morgan fingerprint density at radius 3 is 2.76 bits per heavy atom. The summed E-state index contributed by atoms with van der Waals surface area (Å²) in [5, 5.41) is 9.20. The Kier molecular flexibility index (Phi) is 7.46. The zero-order valence-corrected chi connectivity index (χ0v) is 19.5. The molecular formula is C24H30N6O4. The SMILES string of the molecule is COc1ccc2cc1OCCCCCCC(=O)N(C)CCNc1ncnc3c1/C(=C/N2)C(=O)N3. The standard InChI is InChI=1S/C24H30N6O4/c1-30-11-10-25-22-21-17(24(32)29-23(21)28-15-27-22)14-26-16-8-9-18(33-2)19(13-16)34-12-6-4-3-5-7-20(30)31/h8-9,13-15,26H,3-7,10-12H2,1-2H3,(H2,25,27,28,29,32)/b17-14-. The second-order valence-corrected chi connectivity index (χ2v) is 8.22. The van der Waals surface area contributed by atoms with Crippen LogP contribution in [0.4, 0.5) is 17.3 Å². The van der Waals surface area contributed by atoms with Crippen LogP contribution in [0, 0.1) is 0 Å². The number of nitrogens with zero attached hydrogens (tertiary/aromatic N) is 3. The van der Waals surface area contributed by atoms with Gasteiger partial charge < -0.3 is 30.3 Å². The highest BCUT2D eigenvalue weighted by Gasteiger charge is 2.29. The van der Waals surface area contributed by atoms with Gasteiger partial charge in [0.05, 0.1) is 24.9 Å². The molecule has 3 N–H and O–H groups in total. The quantitative estimate of drug-likeness (QED) is 0.587. The number of rotatable bonds is 1. The van der Waals surface area contributed by atoms with Gasteiger partial charge in [-0.05, 0) is 25.0 Å². The molecule has 2 aliphatic rings. The lowest BCUT2D eigenvalue weighted by Gasteiger charge is -2.18. The smallest absolute Gasteiger partial charge is 0.259 e. The first-order valence-electron chi connectivity index (χ1n) is 11.5. The van der Waals surface area contributed by atoms with Gasteiger partial charge in [-0.25, -0.2) is 9.97 Å². The number of hydrogen-bond donors (Lipinski definition) is 3. The van der Waals surface area contributed by atoms with E-state index in [2.05, 4.69) is 25.9 Å². The third-order valence-corrected chi connectivity index (χ3v) is 5.85. The van der Waals surface area contributed by atoms with Crippen LogP contribution < -0.4 is 25.4 Å². The lowest BCUT2D eigenvalue weighted by atomic mass is 10.1. The van der Waals surface area contributed by atoms with Crippen molar-refractivity contribution in [2.45, 2.75) is 32.1 Å². The Morgan fingerprint density at radius 2 is 1.91 bits per heavy atom. The summed E-state index contributed by atoms with van der Waals surface area (Å²) in [7, 11) is 3.40. The Morgan fingerprint density at radius 1 is 1.09 bits per heavy atom. The number of carbonyl (C=O) groups is 2. The van der Waals surface area contributed by atoms with Crippen molar-refractivity contribution in [1.29, 1.82) is 0 Å². The topological polar surface area (TPSA) is 118 Å². The molecule has 10 heteroatoms. The van der Waals surface area contributed by atoms with Crippen molar-refractivity contribution in [2.75, 3.05) is 49.8 Å². The summed E-state index contributed by atoms with van der Waals surface area (Å²) in [4.78, 5) is 35.3. The first-order valence-corrected chi connectivity index (χ1v) is 11.5. The van der Waals surface area contributed by atoms with Gasteiger partial charge in [0.15, 0.2) is 11.5 Å². The highest BCUT2D eigenvalue weighted by Crippen LogP contribution is 2.35. The van der Waals surface area contributed by atoms with E-state index in [9.17, 15) is 9.59 Å². The van der Waals surface area contributed by atoms with E-state index in [0.717, 1.165) is 31.4 Å². The number of methoxy groups -OCH3 is 1. The number of carbonyl (C=O) groups excluding carboxylic acids is 2. The molecule has 180 valence electrons. The number of benzene rings is 1. The van der Waals surface area contributed by atoms with Crippen molar-refractivity contribution in [3.05, 3.63) is 36.3 Å². The van der Waals surface area contributed by atoms with Gasteiger partial charge in [-0.3, -0.25) is 9.59 Å².